The van der Waals surface area contributed by atoms with Gasteiger partial charge in [-0.05, 0) is 34.1 Å². The first-order chi connectivity index (χ1) is 10.9. The zero-order valence-corrected chi connectivity index (χ0v) is 13.6. The average Bonchev–Trinajstić information content (AvgIpc) is 2.99. The minimum Gasteiger partial charge on any atom is -0.384 e. The highest BCUT2D eigenvalue weighted by Crippen LogP contribution is 2.44. The SMILES string of the molecule is C[C@H]1Cc2c(C(C)(C)O)noc2-c2cnc([C@@](C)(O)C(F)(F)F)n21. The van der Waals surface area contributed by atoms with Gasteiger partial charge in [0.1, 0.15) is 17.0 Å². The molecular weight excluding hydrogens is 327 g/mol. The number of imidazole rings is 1. The van der Waals surface area contributed by atoms with Gasteiger partial charge >= 0.3 is 6.18 Å². The van der Waals surface area contributed by atoms with Crippen LogP contribution in [-0.4, -0.2) is 31.1 Å². The van der Waals surface area contributed by atoms with Gasteiger partial charge in [0.15, 0.2) is 11.6 Å². The van der Waals surface area contributed by atoms with Crippen LogP contribution < -0.4 is 0 Å². The maximum Gasteiger partial charge on any atom is 0.424 e. The zero-order chi connectivity index (χ0) is 18.1. The molecule has 3 rings (SSSR count). The van der Waals surface area contributed by atoms with Crippen molar-refractivity contribution in [1.82, 2.24) is 14.7 Å². The summed E-state index contributed by atoms with van der Waals surface area (Å²) < 4.78 is 46.1. The molecule has 24 heavy (non-hydrogen) atoms. The smallest absolute Gasteiger partial charge is 0.384 e. The molecule has 0 saturated carbocycles. The van der Waals surface area contributed by atoms with E-state index in [0.717, 1.165) is 0 Å². The maximum atomic E-state index is 13.2. The summed E-state index contributed by atoms with van der Waals surface area (Å²) in [6, 6.07) is -0.417. The van der Waals surface area contributed by atoms with Gasteiger partial charge < -0.3 is 19.3 Å². The molecule has 2 aromatic heterocycles. The van der Waals surface area contributed by atoms with Gasteiger partial charge in [0.2, 0.25) is 5.60 Å². The van der Waals surface area contributed by atoms with E-state index in [-0.39, 0.29) is 5.76 Å². The lowest BCUT2D eigenvalue weighted by molar-refractivity contribution is -0.262. The van der Waals surface area contributed by atoms with Gasteiger partial charge in [0.25, 0.3) is 0 Å². The Morgan fingerprint density at radius 3 is 2.42 bits per heavy atom. The molecule has 0 fully saturated rings. The third-order valence-electron chi connectivity index (χ3n) is 4.32. The van der Waals surface area contributed by atoms with E-state index in [4.69, 9.17) is 4.52 Å². The largest absolute Gasteiger partial charge is 0.424 e. The van der Waals surface area contributed by atoms with Crippen LogP contribution in [0.4, 0.5) is 13.2 Å². The minimum atomic E-state index is -4.87. The van der Waals surface area contributed by atoms with Crippen molar-refractivity contribution in [3.8, 4) is 11.5 Å². The van der Waals surface area contributed by atoms with Crippen LogP contribution in [0.3, 0.4) is 0 Å². The standard InChI is InChI=1S/C15H18F3N3O3/c1-7-5-8-10(24-20-11(8)13(2,3)22)9-6-19-12(21(7)9)14(4,23)15(16,17)18/h6-7,22-23H,5H2,1-4H3/t7-,14+/m0/s1. The van der Waals surface area contributed by atoms with Gasteiger partial charge in [-0.25, -0.2) is 4.98 Å². The van der Waals surface area contributed by atoms with Gasteiger partial charge in [-0.3, -0.25) is 0 Å². The quantitative estimate of drug-likeness (QED) is 0.874. The van der Waals surface area contributed by atoms with Crippen LogP contribution in [0.25, 0.3) is 11.5 Å². The molecule has 0 unspecified atom stereocenters. The third-order valence-corrected chi connectivity index (χ3v) is 4.32. The highest BCUT2D eigenvalue weighted by atomic mass is 19.4. The molecule has 0 amide bonds. The van der Waals surface area contributed by atoms with Crippen LogP contribution in [0.15, 0.2) is 10.7 Å². The highest BCUT2D eigenvalue weighted by Gasteiger charge is 2.55. The summed E-state index contributed by atoms with van der Waals surface area (Å²) in [6.45, 7) is 5.50. The second-order valence-corrected chi connectivity index (χ2v) is 6.86. The Morgan fingerprint density at radius 2 is 1.88 bits per heavy atom. The van der Waals surface area contributed by atoms with Crippen molar-refractivity contribution in [2.75, 3.05) is 0 Å². The highest BCUT2D eigenvalue weighted by molar-refractivity contribution is 5.61. The number of hydrogen-bond donors (Lipinski definition) is 2. The predicted molar refractivity (Wildman–Crippen MR) is 77.0 cm³/mol. The van der Waals surface area contributed by atoms with E-state index in [1.54, 1.807) is 20.8 Å². The molecule has 9 heteroatoms. The van der Waals surface area contributed by atoms with Crippen LogP contribution in [-0.2, 0) is 17.6 Å². The fourth-order valence-electron chi connectivity index (χ4n) is 3.03. The first-order valence-electron chi connectivity index (χ1n) is 7.44. The number of aromatic nitrogens is 3. The molecular formula is C15H18F3N3O3. The average molecular weight is 345 g/mol. The topological polar surface area (TPSA) is 84.3 Å². The van der Waals surface area contributed by atoms with Crippen LogP contribution >= 0.6 is 0 Å². The summed E-state index contributed by atoms with van der Waals surface area (Å²) >= 11 is 0. The summed E-state index contributed by atoms with van der Waals surface area (Å²) in [7, 11) is 0. The van der Waals surface area contributed by atoms with E-state index in [0.29, 0.717) is 30.3 Å². The van der Waals surface area contributed by atoms with Crippen molar-refractivity contribution >= 4 is 0 Å². The van der Waals surface area contributed by atoms with Crippen LogP contribution in [0.5, 0.6) is 0 Å². The summed E-state index contributed by atoms with van der Waals surface area (Å²) in [5, 5.41) is 24.0. The van der Waals surface area contributed by atoms with Crippen LogP contribution in [0, 0.1) is 0 Å². The Morgan fingerprint density at radius 1 is 1.25 bits per heavy atom. The molecule has 0 radical (unpaired) electrons. The molecule has 3 heterocycles. The van der Waals surface area contributed by atoms with Crippen LogP contribution in [0.2, 0.25) is 0 Å². The van der Waals surface area contributed by atoms with Crippen molar-refractivity contribution in [2.45, 2.75) is 57.5 Å². The first kappa shape index (κ1) is 17.0. The molecule has 1 aliphatic heterocycles. The lowest BCUT2D eigenvalue weighted by atomic mass is 9.92. The normalized spacial score (nSPS) is 20.5. The van der Waals surface area contributed by atoms with E-state index in [2.05, 4.69) is 10.1 Å². The van der Waals surface area contributed by atoms with Crippen LogP contribution in [0.1, 0.15) is 50.8 Å². The number of hydrogen-bond acceptors (Lipinski definition) is 5. The lowest BCUT2D eigenvalue weighted by Crippen LogP contribution is -2.42. The van der Waals surface area contributed by atoms with E-state index in [1.165, 1.54) is 10.8 Å². The van der Waals surface area contributed by atoms with Gasteiger partial charge in [0, 0.05) is 11.6 Å². The molecule has 2 atom stereocenters. The van der Waals surface area contributed by atoms with E-state index < -0.39 is 29.2 Å². The van der Waals surface area contributed by atoms with E-state index in [1.807, 2.05) is 0 Å². The monoisotopic (exact) mass is 345 g/mol. The summed E-state index contributed by atoms with van der Waals surface area (Å²) in [4.78, 5) is 3.80. The van der Waals surface area contributed by atoms with Crippen molar-refractivity contribution < 1.29 is 27.9 Å². The molecule has 1 aliphatic rings. The fourth-order valence-corrected chi connectivity index (χ4v) is 3.03. The molecule has 6 nitrogen and oxygen atoms in total. The lowest BCUT2D eigenvalue weighted by Gasteiger charge is -2.31. The van der Waals surface area contributed by atoms with Gasteiger partial charge in [-0.2, -0.15) is 13.2 Å². The van der Waals surface area contributed by atoms with Crippen molar-refractivity contribution in [2.24, 2.45) is 0 Å². The molecule has 132 valence electrons. The number of halogens is 3. The van der Waals surface area contributed by atoms with Gasteiger partial charge in [0.05, 0.1) is 6.20 Å². The first-order valence-corrected chi connectivity index (χ1v) is 7.44. The number of nitrogens with zero attached hydrogens (tertiary/aromatic N) is 3. The molecule has 2 N–H and O–H groups in total. The molecule has 2 aromatic rings. The van der Waals surface area contributed by atoms with Gasteiger partial charge in [-0.15, -0.1) is 0 Å². The molecule has 0 aromatic carbocycles. The zero-order valence-electron chi connectivity index (χ0n) is 13.6. The second-order valence-electron chi connectivity index (χ2n) is 6.86. The van der Waals surface area contributed by atoms with Gasteiger partial charge in [-0.1, -0.05) is 5.16 Å². The number of rotatable bonds is 2. The number of fused-ring (bicyclic) bond motifs is 3. The van der Waals surface area contributed by atoms with Crippen molar-refractivity contribution in [3.63, 3.8) is 0 Å². The van der Waals surface area contributed by atoms with Crippen molar-refractivity contribution in [1.29, 1.82) is 0 Å². The van der Waals surface area contributed by atoms with Crippen molar-refractivity contribution in [3.05, 3.63) is 23.3 Å². The number of aliphatic hydroxyl groups is 2. The Labute approximate surface area is 135 Å². The Bertz CT molecular complexity index is 784. The Hall–Kier alpha value is -1.87. The molecule has 0 spiro atoms. The summed E-state index contributed by atoms with van der Waals surface area (Å²) in [5.41, 5.74) is -3.04. The summed E-state index contributed by atoms with van der Waals surface area (Å²) in [5.74, 6) is -0.230. The Kier molecular flexibility index (Phi) is 3.41. The fraction of sp³-hybridized carbons (Fsp3) is 0.600. The minimum absolute atomic E-state index is 0.266. The summed E-state index contributed by atoms with van der Waals surface area (Å²) in [6.07, 6.45) is -3.33. The second kappa shape index (κ2) is 4.82. The Balaban J connectivity index is 2.19. The molecule has 0 saturated heterocycles. The third kappa shape index (κ3) is 2.26. The molecule has 0 bridgehead atoms. The predicted octanol–water partition coefficient (Wildman–Crippen LogP) is 2.65. The van der Waals surface area contributed by atoms with E-state index in [9.17, 15) is 23.4 Å². The maximum absolute atomic E-state index is 13.2. The number of alkyl halides is 3. The van der Waals surface area contributed by atoms with E-state index >= 15 is 0 Å². The molecule has 0 aliphatic carbocycles.